The third-order valence-corrected chi connectivity index (χ3v) is 4.32. The second-order valence-corrected chi connectivity index (χ2v) is 5.95. The summed E-state index contributed by atoms with van der Waals surface area (Å²) in [5.74, 6) is -0.280. The number of nitrogens with one attached hydrogen (secondary N) is 1. The third-order valence-electron chi connectivity index (χ3n) is 4.32. The molecule has 2 rings (SSSR count). The van der Waals surface area contributed by atoms with Crippen LogP contribution in [0.4, 0.5) is 10.1 Å². The van der Waals surface area contributed by atoms with Crippen molar-refractivity contribution in [3.8, 4) is 0 Å². The van der Waals surface area contributed by atoms with Gasteiger partial charge in [-0.3, -0.25) is 4.79 Å². The predicted octanol–water partition coefficient (Wildman–Crippen LogP) is 3.37. The molecule has 20 heavy (non-hydrogen) atoms. The SMILES string of the molecule is Cc1cc(NC(=O)CC2(CN)CCCCC2)ccc1F. The number of hydrogen-bond donors (Lipinski definition) is 2. The topological polar surface area (TPSA) is 55.1 Å². The van der Waals surface area contributed by atoms with Gasteiger partial charge in [0.1, 0.15) is 5.82 Å². The van der Waals surface area contributed by atoms with Crippen molar-refractivity contribution in [1.82, 2.24) is 0 Å². The van der Waals surface area contributed by atoms with Crippen LogP contribution in [0.1, 0.15) is 44.1 Å². The quantitative estimate of drug-likeness (QED) is 0.887. The standard InChI is InChI=1S/C16H23FN2O/c1-12-9-13(5-6-14(12)17)19-15(20)10-16(11-18)7-3-2-4-8-16/h5-6,9H,2-4,7-8,10-11,18H2,1H3,(H,19,20). The van der Waals surface area contributed by atoms with Gasteiger partial charge in [0.05, 0.1) is 0 Å². The van der Waals surface area contributed by atoms with Crippen molar-refractivity contribution in [2.45, 2.75) is 45.4 Å². The van der Waals surface area contributed by atoms with Crippen molar-refractivity contribution in [3.63, 3.8) is 0 Å². The minimum atomic E-state index is -0.256. The molecular formula is C16H23FN2O. The fourth-order valence-electron chi connectivity index (χ4n) is 3.02. The van der Waals surface area contributed by atoms with E-state index < -0.39 is 0 Å². The summed E-state index contributed by atoms with van der Waals surface area (Å²) in [6.07, 6.45) is 6.06. The molecule has 1 fully saturated rings. The van der Waals surface area contributed by atoms with Crippen molar-refractivity contribution < 1.29 is 9.18 Å². The monoisotopic (exact) mass is 278 g/mol. The Bertz CT molecular complexity index is 481. The smallest absolute Gasteiger partial charge is 0.224 e. The van der Waals surface area contributed by atoms with Gasteiger partial charge in [0.15, 0.2) is 0 Å². The van der Waals surface area contributed by atoms with E-state index in [0.29, 0.717) is 24.2 Å². The highest BCUT2D eigenvalue weighted by atomic mass is 19.1. The zero-order valence-corrected chi connectivity index (χ0v) is 12.0. The molecule has 1 amide bonds. The predicted molar refractivity (Wildman–Crippen MR) is 79.0 cm³/mol. The average molecular weight is 278 g/mol. The number of amides is 1. The van der Waals surface area contributed by atoms with Crippen LogP contribution in [0, 0.1) is 18.2 Å². The van der Waals surface area contributed by atoms with Gasteiger partial charge in [-0.25, -0.2) is 4.39 Å². The van der Waals surface area contributed by atoms with Crippen molar-refractivity contribution in [2.75, 3.05) is 11.9 Å². The average Bonchev–Trinajstić information content (AvgIpc) is 2.44. The van der Waals surface area contributed by atoms with Crippen LogP contribution in [-0.4, -0.2) is 12.5 Å². The highest BCUT2D eigenvalue weighted by Gasteiger charge is 2.32. The summed E-state index contributed by atoms with van der Waals surface area (Å²) in [5.41, 5.74) is 7.04. The molecular weight excluding hydrogens is 255 g/mol. The lowest BCUT2D eigenvalue weighted by Crippen LogP contribution is -2.36. The molecule has 0 atom stereocenters. The normalized spacial score (nSPS) is 17.8. The molecule has 110 valence electrons. The Labute approximate surface area is 119 Å². The Morgan fingerprint density at radius 1 is 1.35 bits per heavy atom. The first-order valence-electron chi connectivity index (χ1n) is 7.31. The van der Waals surface area contributed by atoms with E-state index in [2.05, 4.69) is 5.32 Å². The molecule has 0 heterocycles. The van der Waals surface area contributed by atoms with Gasteiger partial charge in [0, 0.05) is 12.1 Å². The maximum atomic E-state index is 13.2. The first-order chi connectivity index (χ1) is 9.54. The summed E-state index contributed by atoms with van der Waals surface area (Å²) < 4.78 is 13.2. The molecule has 1 aromatic carbocycles. The Kier molecular flexibility index (Phi) is 4.76. The third kappa shape index (κ3) is 3.57. The molecule has 3 nitrogen and oxygen atoms in total. The Hall–Kier alpha value is -1.42. The summed E-state index contributed by atoms with van der Waals surface area (Å²) in [5, 5.41) is 2.86. The van der Waals surface area contributed by atoms with E-state index >= 15 is 0 Å². The Morgan fingerprint density at radius 2 is 2.05 bits per heavy atom. The highest BCUT2D eigenvalue weighted by molar-refractivity contribution is 5.91. The number of anilines is 1. The minimum absolute atomic E-state index is 0.0247. The highest BCUT2D eigenvalue weighted by Crippen LogP contribution is 2.38. The number of benzene rings is 1. The fraction of sp³-hybridized carbons (Fsp3) is 0.562. The molecule has 0 aliphatic heterocycles. The zero-order chi connectivity index (χ0) is 14.6. The van der Waals surface area contributed by atoms with Crippen LogP contribution in [-0.2, 0) is 4.79 Å². The van der Waals surface area contributed by atoms with Crippen molar-refractivity contribution >= 4 is 11.6 Å². The van der Waals surface area contributed by atoms with Gasteiger partial charge in [-0.2, -0.15) is 0 Å². The maximum absolute atomic E-state index is 13.2. The largest absolute Gasteiger partial charge is 0.330 e. The van der Waals surface area contributed by atoms with Gasteiger partial charge in [-0.05, 0) is 55.5 Å². The van der Waals surface area contributed by atoms with Crippen LogP contribution < -0.4 is 11.1 Å². The second kappa shape index (κ2) is 6.35. The molecule has 1 aliphatic rings. The first kappa shape index (κ1) is 15.0. The number of rotatable bonds is 4. The summed E-state index contributed by atoms with van der Waals surface area (Å²) >= 11 is 0. The summed E-state index contributed by atoms with van der Waals surface area (Å²) in [4.78, 5) is 12.2. The molecule has 0 saturated heterocycles. The van der Waals surface area contributed by atoms with Crippen LogP contribution in [0.25, 0.3) is 0 Å². The second-order valence-electron chi connectivity index (χ2n) is 5.95. The van der Waals surface area contributed by atoms with Gasteiger partial charge in [-0.1, -0.05) is 19.3 Å². The molecule has 1 saturated carbocycles. The molecule has 0 aromatic heterocycles. The number of carbonyl (C=O) groups excluding carboxylic acids is 1. The summed E-state index contributed by atoms with van der Waals surface area (Å²) in [6.45, 7) is 2.25. The zero-order valence-electron chi connectivity index (χ0n) is 12.0. The van der Waals surface area contributed by atoms with Gasteiger partial charge in [0.2, 0.25) is 5.91 Å². The van der Waals surface area contributed by atoms with Crippen LogP contribution in [0.5, 0.6) is 0 Å². The lowest BCUT2D eigenvalue weighted by molar-refractivity contribution is -0.118. The molecule has 0 bridgehead atoms. The maximum Gasteiger partial charge on any atom is 0.224 e. The van der Waals surface area contributed by atoms with Crippen molar-refractivity contribution in [2.24, 2.45) is 11.1 Å². The van der Waals surface area contributed by atoms with Crippen LogP contribution >= 0.6 is 0 Å². The summed E-state index contributed by atoms with van der Waals surface area (Å²) in [6, 6.07) is 4.63. The lowest BCUT2D eigenvalue weighted by Gasteiger charge is -2.35. The van der Waals surface area contributed by atoms with E-state index in [1.54, 1.807) is 19.1 Å². The van der Waals surface area contributed by atoms with Crippen LogP contribution in [0.3, 0.4) is 0 Å². The molecule has 4 heteroatoms. The van der Waals surface area contributed by atoms with E-state index in [4.69, 9.17) is 5.73 Å². The number of carbonyl (C=O) groups is 1. The van der Waals surface area contributed by atoms with Crippen molar-refractivity contribution in [1.29, 1.82) is 0 Å². The van der Waals surface area contributed by atoms with E-state index in [0.717, 1.165) is 25.7 Å². The van der Waals surface area contributed by atoms with Crippen LogP contribution in [0.15, 0.2) is 18.2 Å². The lowest BCUT2D eigenvalue weighted by atomic mass is 9.71. The van der Waals surface area contributed by atoms with Gasteiger partial charge < -0.3 is 11.1 Å². The molecule has 0 radical (unpaired) electrons. The number of hydrogen-bond acceptors (Lipinski definition) is 2. The molecule has 0 spiro atoms. The van der Waals surface area contributed by atoms with Gasteiger partial charge in [-0.15, -0.1) is 0 Å². The molecule has 3 N–H and O–H groups in total. The molecule has 1 aliphatic carbocycles. The Balaban J connectivity index is 1.98. The van der Waals surface area contributed by atoms with Gasteiger partial charge >= 0.3 is 0 Å². The number of nitrogens with two attached hydrogens (primary N) is 1. The van der Waals surface area contributed by atoms with Gasteiger partial charge in [0.25, 0.3) is 0 Å². The summed E-state index contributed by atoms with van der Waals surface area (Å²) in [7, 11) is 0. The molecule has 0 unspecified atom stereocenters. The number of halogens is 1. The Morgan fingerprint density at radius 3 is 2.65 bits per heavy atom. The van der Waals surface area contributed by atoms with E-state index in [1.165, 1.54) is 12.5 Å². The minimum Gasteiger partial charge on any atom is -0.330 e. The van der Waals surface area contributed by atoms with Crippen LogP contribution in [0.2, 0.25) is 0 Å². The van der Waals surface area contributed by atoms with E-state index in [1.807, 2.05) is 0 Å². The van der Waals surface area contributed by atoms with E-state index in [-0.39, 0.29) is 17.1 Å². The number of aryl methyl sites for hydroxylation is 1. The van der Waals surface area contributed by atoms with E-state index in [9.17, 15) is 9.18 Å². The first-order valence-corrected chi connectivity index (χ1v) is 7.31. The van der Waals surface area contributed by atoms with Crippen molar-refractivity contribution in [3.05, 3.63) is 29.6 Å². The molecule has 1 aromatic rings. The fourth-order valence-corrected chi connectivity index (χ4v) is 3.02.